The summed E-state index contributed by atoms with van der Waals surface area (Å²) in [6.45, 7) is 7.39. The lowest BCUT2D eigenvalue weighted by Gasteiger charge is -2.36. The highest BCUT2D eigenvalue weighted by molar-refractivity contribution is 5.75. The summed E-state index contributed by atoms with van der Waals surface area (Å²) in [4.78, 5) is 13.4. The molecule has 3 rings (SSSR count). The van der Waals surface area contributed by atoms with Crippen molar-refractivity contribution in [2.24, 2.45) is 0 Å². The third kappa shape index (κ3) is 4.62. The quantitative estimate of drug-likeness (QED) is 0.783. The molecule has 1 aromatic carbocycles. The SMILES string of the molecule is COCC(C)Nc1ncnc(N2CCN(Cc3ccccc3)CC2)c1N. The lowest BCUT2D eigenvalue weighted by molar-refractivity contribution is 0.190. The van der Waals surface area contributed by atoms with Crippen molar-refractivity contribution in [1.82, 2.24) is 14.9 Å². The Kier molecular flexibility index (Phi) is 6.25. The van der Waals surface area contributed by atoms with Gasteiger partial charge in [-0.2, -0.15) is 0 Å². The highest BCUT2D eigenvalue weighted by Gasteiger charge is 2.21. The zero-order valence-corrected chi connectivity index (χ0v) is 15.6. The topological polar surface area (TPSA) is 79.5 Å². The van der Waals surface area contributed by atoms with Crippen LogP contribution in [0.15, 0.2) is 36.7 Å². The minimum atomic E-state index is 0.132. The van der Waals surface area contributed by atoms with Crippen molar-refractivity contribution in [2.75, 3.05) is 55.8 Å². The van der Waals surface area contributed by atoms with Crippen molar-refractivity contribution in [3.8, 4) is 0 Å². The van der Waals surface area contributed by atoms with Crippen LogP contribution in [0.3, 0.4) is 0 Å². The highest BCUT2D eigenvalue weighted by atomic mass is 16.5. The van der Waals surface area contributed by atoms with Gasteiger partial charge in [0.05, 0.1) is 6.61 Å². The van der Waals surface area contributed by atoms with Crippen molar-refractivity contribution in [3.63, 3.8) is 0 Å². The van der Waals surface area contributed by atoms with Crippen LogP contribution in [0, 0.1) is 0 Å². The van der Waals surface area contributed by atoms with Crippen LogP contribution in [0.1, 0.15) is 12.5 Å². The standard InChI is InChI=1S/C19H28N6O/c1-15(13-26-2)23-18-17(20)19(22-14-21-18)25-10-8-24(9-11-25)12-16-6-4-3-5-7-16/h3-7,14-15H,8-13,20H2,1-2H3,(H,21,22,23). The maximum absolute atomic E-state index is 6.33. The van der Waals surface area contributed by atoms with Gasteiger partial charge in [-0.25, -0.2) is 9.97 Å². The molecule has 1 aliphatic rings. The van der Waals surface area contributed by atoms with E-state index in [-0.39, 0.29) is 6.04 Å². The number of benzene rings is 1. The smallest absolute Gasteiger partial charge is 0.157 e. The predicted molar refractivity (Wildman–Crippen MR) is 105 cm³/mol. The van der Waals surface area contributed by atoms with Crippen molar-refractivity contribution >= 4 is 17.3 Å². The van der Waals surface area contributed by atoms with Crippen LogP contribution in [-0.4, -0.2) is 60.8 Å². The first-order chi connectivity index (χ1) is 12.7. The molecule has 0 amide bonds. The van der Waals surface area contributed by atoms with E-state index in [1.165, 1.54) is 5.56 Å². The van der Waals surface area contributed by atoms with Crippen LogP contribution in [0.5, 0.6) is 0 Å². The minimum Gasteiger partial charge on any atom is -0.393 e. The Balaban J connectivity index is 1.60. The van der Waals surface area contributed by atoms with Gasteiger partial charge in [0.25, 0.3) is 0 Å². The molecule has 1 saturated heterocycles. The van der Waals surface area contributed by atoms with Gasteiger partial charge in [-0.05, 0) is 12.5 Å². The minimum absolute atomic E-state index is 0.132. The number of nitrogen functional groups attached to an aromatic ring is 1. The molecule has 140 valence electrons. The molecule has 0 radical (unpaired) electrons. The van der Waals surface area contributed by atoms with Gasteiger partial charge in [0.1, 0.15) is 12.0 Å². The number of ether oxygens (including phenoxy) is 1. The van der Waals surface area contributed by atoms with E-state index in [0.29, 0.717) is 18.1 Å². The van der Waals surface area contributed by atoms with E-state index < -0.39 is 0 Å². The number of aromatic nitrogens is 2. The molecule has 3 N–H and O–H groups in total. The summed E-state index contributed by atoms with van der Waals surface area (Å²) < 4.78 is 5.16. The third-order valence-corrected chi connectivity index (χ3v) is 4.58. The van der Waals surface area contributed by atoms with Crippen LogP contribution in [0.4, 0.5) is 17.3 Å². The second kappa shape index (κ2) is 8.82. The van der Waals surface area contributed by atoms with Crippen molar-refractivity contribution in [2.45, 2.75) is 19.5 Å². The molecule has 1 fully saturated rings. The number of hydrogen-bond donors (Lipinski definition) is 2. The number of hydrogen-bond acceptors (Lipinski definition) is 7. The van der Waals surface area contributed by atoms with Gasteiger partial charge in [-0.1, -0.05) is 30.3 Å². The normalized spacial score (nSPS) is 16.5. The molecule has 0 saturated carbocycles. The molecule has 2 heterocycles. The number of methoxy groups -OCH3 is 1. The largest absolute Gasteiger partial charge is 0.393 e. The Labute approximate surface area is 155 Å². The van der Waals surface area contributed by atoms with Gasteiger partial charge in [-0.15, -0.1) is 0 Å². The molecule has 1 aromatic heterocycles. The van der Waals surface area contributed by atoms with Crippen LogP contribution in [0.2, 0.25) is 0 Å². The van der Waals surface area contributed by atoms with Gasteiger partial charge in [0.15, 0.2) is 11.6 Å². The molecule has 1 aliphatic heterocycles. The Morgan fingerprint density at radius 3 is 2.58 bits per heavy atom. The van der Waals surface area contributed by atoms with Crippen LogP contribution in [-0.2, 0) is 11.3 Å². The Morgan fingerprint density at radius 1 is 1.15 bits per heavy atom. The number of nitrogens with zero attached hydrogens (tertiary/aromatic N) is 4. The fraction of sp³-hybridized carbons (Fsp3) is 0.474. The third-order valence-electron chi connectivity index (χ3n) is 4.58. The van der Waals surface area contributed by atoms with Gasteiger partial charge in [0.2, 0.25) is 0 Å². The van der Waals surface area contributed by atoms with E-state index >= 15 is 0 Å². The van der Waals surface area contributed by atoms with E-state index in [0.717, 1.165) is 38.5 Å². The van der Waals surface area contributed by atoms with Gasteiger partial charge < -0.3 is 20.7 Å². The lowest BCUT2D eigenvalue weighted by Crippen LogP contribution is -2.46. The average Bonchev–Trinajstić information content (AvgIpc) is 2.65. The van der Waals surface area contributed by atoms with E-state index in [1.54, 1.807) is 13.4 Å². The van der Waals surface area contributed by atoms with E-state index in [1.807, 2.05) is 6.92 Å². The number of nitrogens with two attached hydrogens (primary N) is 1. The summed E-state index contributed by atoms with van der Waals surface area (Å²) in [6, 6.07) is 10.7. The summed E-state index contributed by atoms with van der Waals surface area (Å²) in [5.41, 5.74) is 8.29. The molecule has 0 bridgehead atoms. The number of piperazine rings is 1. The number of nitrogens with one attached hydrogen (secondary N) is 1. The van der Waals surface area contributed by atoms with Crippen LogP contribution >= 0.6 is 0 Å². The Hall–Kier alpha value is -2.38. The Morgan fingerprint density at radius 2 is 1.88 bits per heavy atom. The monoisotopic (exact) mass is 356 g/mol. The molecule has 2 aromatic rings. The highest BCUT2D eigenvalue weighted by Crippen LogP contribution is 2.27. The zero-order valence-electron chi connectivity index (χ0n) is 15.6. The van der Waals surface area contributed by atoms with Gasteiger partial charge in [-0.3, -0.25) is 4.90 Å². The first-order valence-corrected chi connectivity index (χ1v) is 9.04. The maximum atomic E-state index is 6.33. The second-order valence-corrected chi connectivity index (χ2v) is 6.71. The summed E-state index contributed by atoms with van der Waals surface area (Å²) in [5.74, 6) is 1.48. The molecule has 1 unspecified atom stereocenters. The molecule has 7 nitrogen and oxygen atoms in total. The van der Waals surface area contributed by atoms with E-state index in [9.17, 15) is 0 Å². The summed E-state index contributed by atoms with van der Waals surface area (Å²) in [7, 11) is 1.68. The number of rotatable bonds is 7. The second-order valence-electron chi connectivity index (χ2n) is 6.71. The Bertz CT molecular complexity index is 688. The van der Waals surface area contributed by atoms with Crippen molar-refractivity contribution in [3.05, 3.63) is 42.2 Å². The zero-order chi connectivity index (χ0) is 18.4. The molecular formula is C19H28N6O. The summed E-state index contributed by atoms with van der Waals surface area (Å²) in [6.07, 6.45) is 1.57. The molecule has 1 atom stereocenters. The predicted octanol–water partition coefficient (Wildman–Crippen LogP) is 1.83. The van der Waals surface area contributed by atoms with Crippen LogP contribution in [0.25, 0.3) is 0 Å². The van der Waals surface area contributed by atoms with Crippen molar-refractivity contribution in [1.29, 1.82) is 0 Å². The number of anilines is 3. The van der Waals surface area contributed by atoms with Crippen molar-refractivity contribution < 1.29 is 4.74 Å². The molecule has 7 heteroatoms. The maximum Gasteiger partial charge on any atom is 0.157 e. The molecule has 26 heavy (non-hydrogen) atoms. The summed E-state index contributed by atoms with van der Waals surface area (Å²) >= 11 is 0. The molecular weight excluding hydrogens is 328 g/mol. The van der Waals surface area contributed by atoms with E-state index in [4.69, 9.17) is 10.5 Å². The van der Waals surface area contributed by atoms with Gasteiger partial charge in [0, 0.05) is 45.9 Å². The first-order valence-electron chi connectivity index (χ1n) is 9.04. The average molecular weight is 356 g/mol. The fourth-order valence-electron chi connectivity index (χ4n) is 3.24. The summed E-state index contributed by atoms with van der Waals surface area (Å²) in [5, 5.41) is 3.29. The fourth-order valence-corrected chi connectivity index (χ4v) is 3.24. The first kappa shape index (κ1) is 18.4. The van der Waals surface area contributed by atoms with E-state index in [2.05, 4.69) is 55.4 Å². The molecule has 0 aliphatic carbocycles. The molecule has 0 spiro atoms. The van der Waals surface area contributed by atoms with Gasteiger partial charge >= 0.3 is 0 Å². The lowest BCUT2D eigenvalue weighted by atomic mass is 10.2. The van der Waals surface area contributed by atoms with Crippen LogP contribution < -0.4 is 16.0 Å².